The van der Waals surface area contributed by atoms with Crippen LogP contribution in [0.4, 0.5) is 0 Å². The molecule has 0 aliphatic rings. The van der Waals surface area contributed by atoms with Gasteiger partial charge in [-0.3, -0.25) is 0 Å². The molecule has 4 nitrogen and oxygen atoms in total. The van der Waals surface area contributed by atoms with Gasteiger partial charge in [-0.25, -0.2) is 0 Å². The Kier molecular flexibility index (Phi) is 6.30. The predicted molar refractivity (Wildman–Crippen MR) is 81.8 cm³/mol. The van der Waals surface area contributed by atoms with Crippen LogP contribution < -0.4 is 14.8 Å². The first-order chi connectivity index (χ1) is 9.41. The van der Waals surface area contributed by atoms with Gasteiger partial charge in [0, 0.05) is 19.7 Å². The molecular formula is C16H27NO3. The number of nitrogens with one attached hydrogen (secondary N) is 1. The van der Waals surface area contributed by atoms with E-state index in [1.807, 2.05) is 12.1 Å². The fourth-order valence-electron chi connectivity index (χ4n) is 1.93. The lowest BCUT2D eigenvalue weighted by Gasteiger charge is -2.26. The number of benzene rings is 1. The molecule has 1 aromatic rings. The van der Waals surface area contributed by atoms with Crippen LogP contribution in [0.3, 0.4) is 0 Å². The summed E-state index contributed by atoms with van der Waals surface area (Å²) in [6.45, 7) is 7.13. The molecule has 0 amide bonds. The maximum atomic E-state index is 5.41. The molecule has 1 unspecified atom stereocenters. The van der Waals surface area contributed by atoms with Crippen LogP contribution in [-0.2, 0) is 11.2 Å². The average molecular weight is 281 g/mol. The maximum Gasteiger partial charge on any atom is 0.160 e. The highest BCUT2D eigenvalue weighted by Crippen LogP contribution is 2.27. The Balaban J connectivity index is 2.60. The number of ether oxygens (including phenoxy) is 3. The van der Waals surface area contributed by atoms with E-state index in [0.29, 0.717) is 6.04 Å². The highest BCUT2D eigenvalue weighted by Gasteiger charge is 2.17. The fraction of sp³-hybridized carbons (Fsp3) is 0.625. The van der Waals surface area contributed by atoms with Gasteiger partial charge in [0.15, 0.2) is 11.5 Å². The normalized spacial score (nSPS) is 13.1. The quantitative estimate of drug-likeness (QED) is 0.795. The molecule has 0 aromatic heterocycles. The molecule has 0 saturated carbocycles. The minimum absolute atomic E-state index is 0.147. The molecule has 0 saturated heterocycles. The number of rotatable bonds is 8. The highest BCUT2D eigenvalue weighted by molar-refractivity contribution is 5.43. The van der Waals surface area contributed by atoms with E-state index in [0.717, 1.165) is 24.5 Å². The number of methoxy groups -OCH3 is 3. The van der Waals surface area contributed by atoms with Crippen LogP contribution >= 0.6 is 0 Å². The summed E-state index contributed by atoms with van der Waals surface area (Å²) in [5, 5.41) is 3.49. The third-order valence-electron chi connectivity index (χ3n) is 3.42. The highest BCUT2D eigenvalue weighted by atomic mass is 16.5. The van der Waals surface area contributed by atoms with Crippen LogP contribution in [0.5, 0.6) is 11.5 Å². The number of hydrogen-bond acceptors (Lipinski definition) is 4. The van der Waals surface area contributed by atoms with E-state index in [2.05, 4.69) is 32.2 Å². The SMILES string of the molecule is COc1ccc(CC(C)NCC(C)(C)OC)cc1OC. The third-order valence-corrected chi connectivity index (χ3v) is 3.42. The topological polar surface area (TPSA) is 39.7 Å². The summed E-state index contributed by atoms with van der Waals surface area (Å²) in [5.41, 5.74) is 1.07. The van der Waals surface area contributed by atoms with Gasteiger partial charge in [-0.05, 0) is 44.9 Å². The summed E-state index contributed by atoms with van der Waals surface area (Å²) >= 11 is 0. The Morgan fingerprint density at radius 1 is 1.10 bits per heavy atom. The van der Waals surface area contributed by atoms with Crippen molar-refractivity contribution in [3.05, 3.63) is 23.8 Å². The minimum Gasteiger partial charge on any atom is -0.493 e. The standard InChI is InChI=1S/C16H27NO3/c1-12(17-11-16(2,3)20-6)9-13-7-8-14(18-4)15(10-13)19-5/h7-8,10,12,17H,9,11H2,1-6H3. The van der Waals surface area contributed by atoms with Gasteiger partial charge in [0.25, 0.3) is 0 Å². The molecule has 0 spiro atoms. The summed E-state index contributed by atoms with van der Waals surface area (Å²) in [7, 11) is 5.04. The van der Waals surface area contributed by atoms with Gasteiger partial charge in [0.05, 0.1) is 19.8 Å². The molecule has 1 N–H and O–H groups in total. The van der Waals surface area contributed by atoms with E-state index in [4.69, 9.17) is 14.2 Å². The summed E-state index contributed by atoms with van der Waals surface area (Å²) in [6.07, 6.45) is 0.931. The van der Waals surface area contributed by atoms with Crippen LogP contribution in [0, 0.1) is 0 Å². The minimum atomic E-state index is -0.147. The van der Waals surface area contributed by atoms with Crippen LogP contribution in [0.15, 0.2) is 18.2 Å². The third kappa shape index (κ3) is 5.02. The molecule has 0 aliphatic heterocycles. The lowest BCUT2D eigenvalue weighted by molar-refractivity contribution is 0.0214. The zero-order chi connectivity index (χ0) is 15.2. The van der Waals surface area contributed by atoms with Gasteiger partial charge in [-0.1, -0.05) is 6.07 Å². The zero-order valence-electron chi connectivity index (χ0n) is 13.4. The van der Waals surface area contributed by atoms with E-state index in [1.54, 1.807) is 21.3 Å². The second kappa shape index (κ2) is 7.50. The molecule has 0 aliphatic carbocycles. The molecule has 0 bridgehead atoms. The predicted octanol–water partition coefficient (Wildman–Crippen LogP) is 2.65. The smallest absolute Gasteiger partial charge is 0.160 e. The zero-order valence-corrected chi connectivity index (χ0v) is 13.4. The Morgan fingerprint density at radius 3 is 2.30 bits per heavy atom. The summed E-state index contributed by atoms with van der Waals surface area (Å²) < 4.78 is 16.0. The van der Waals surface area contributed by atoms with Gasteiger partial charge < -0.3 is 19.5 Å². The first-order valence-electron chi connectivity index (χ1n) is 6.91. The van der Waals surface area contributed by atoms with Crippen molar-refractivity contribution in [2.24, 2.45) is 0 Å². The van der Waals surface area contributed by atoms with Crippen LogP contribution in [0.1, 0.15) is 26.3 Å². The Morgan fingerprint density at radius 2 is 1.75 bits per heavy atom. The van der Waals surface area contributed by atoms with E-state index < -0.39 is 0 Å². The van der Waals surface area contributed by atoms with E-state index in [1.165, 1.54) is 5.56 Å². The van der Waals surface area contributed by atoms with Crippen LogP contribution in [-0.4, -0.2) is 39.5 Å². The lowest BCUT2D eigenvalue weighted by atomic mass is 10.0. The second-order valence-electron chi connectivity index (χ2n) is 5.64. The van der Waals surface area contributed by atoms with Gasteiger partial charge in [0.2, 0.25) is 0 Å². The molecule has 1 aromatic carbocycles. The Labute approximate surface area is 122 Å². The second-order valence-corrected chi connectivity index (χ2v) is 5.64. The average Bonchev–Trinajstić information content (AvgIpc) is 2.45. The van der Waals surface area contributed by atoms with E-state index in [-0.39, 0.29) is 5.60 Å². The lowest BCUT2D eigenvalue weighted by Crippen LogP contribution is -2.41. The molecule has 1 atom stereocenters. The Hall–Kier alpha value is -1.26. The summed E-state index contributed by atoms with van der Waals surface area (Å²) in [6, 6.07) is 6.40. The van der Waals surface area contributed by atoms with Gasteiger partial charge >= 0.3 is 0 Å². The van der Waals surface area contributed by atoms with E-state index in [9.17, 15) is 0 Å². The summed E-state index contributed by atoms with van der Waals surface area (Å²) in [4.78, 5) is 0. The molecule has 0 fully saturated rings. The molecule has 4 heteroatoms. The van der Waals surface area contributed by atoms with Gasteiger partial charge in [0.1, 0.15) is 0 Å². The molecule has 1 rings (SSSR count). The van der Waals surface area contributed by atoms with Gasteiger partial charge in [-0.15, -0.1) is 0 Å². The van der Waals surface area contributed by atoms with Gasteiger partial charge in [-0.2, -0.15) is 0 Å². The number of hydrogen-bond donors (Lipinski definition) is 1. The monoisotopic (exact) mass is 281 g/mol. The molecule has 114 valence electrons. The van der Waals surface area contributed by atoms with Crippen molar-refractivity contribution in [2.45, 2.75) is 38.8 Å². The van der Waals surface area contributed by atoms with Crippen LogP contribution in [0.2, 0.25) is 0 Å². The Bertz CT molecular complexity index is 418. The largest absolute Gasteiger partial charge is 0.493 e. The first-order valence-corrected chi connectivity index (χ1v) is 6.91. The van der Waals surface area contributed by atoms with Crippen molar-refractivity contribution in [1.29, 1.82) is 0 Å². The van der Waals surface area contributed by atoms with E-state index >= 15 is 0 Å². The van der Waals surface area contributed by atoms with Crippen molar-refractivity contribution >= 4 is 0 Å². The van der Waals surface area contributed by atoms with Crippen molar-refractivity contribution in [1.82, 2.24) is 5.32 Å². The van der Waals surface area contributed by atoms with Crippen molar-refractivity contribution in [3.63, 3.8) is 0 Å². The van der Waals surface area contributed by atoms with Crippen molar-refractivity contribution < 1.29 is 14.2 Å². The molecule has 20 heavy (non-hydrogen) atoms. The molecule has 0 heterocycles. The molecular weight excluding hydrogens is 254 g/mol. The molecule has 0 radical (unpaired) electrons. The maximum absolute atomic E-state index is 5.41. The van der Waals surface area contributed by atoms with Crippen molar-refractivity contribution in [3.8, 4) is 11.5 Å². The van der Waals surface area contributed by atoms with Crippen LogP contribution in [0.25, 0.3) is 0 Å². The van der Waals surface area contributed by atoms with Crippen molar-refractivity contribution in [2.75, 3.05) is 27.9 Å². The first kappa shape index (κ1) is 16.8. The summed E-state index contributed by atoms with van der Waals surface area (Å²) in [5.74, 6) is 1.53. The fourth-order valence-corrected chi connectivity index (χ4v) is 1.93.